The topological polar surface area (TPSA) is 57.8 Å². The molecule has 2 N–H and O–H groups in total. The van der Waals surface area contributed by atoms with E-state index in [2.05, 4.69) is 15.5 Å². The van der Waals surface area contributed by atoms with Crippen LogP contribution < -0.4 is 5.32 Å². The van der Waals surface area contributed by atoms with E-state index < -0.39 is 11.7 Å². The van der Waals surface area contributed by atoms with E-state index in [4.69, 9.17) is 0 Å². The number of hydrogen-bond donors (Lipinski definition) is 2. The minimum atomic E-state index is -0.645. The fraction of sp³-hybridized carbons (Fsp3) is 0.0476. The molecule has 2 aromatic carbocycles. The van der Waals surface area contributed by atoms with Crippen molar-refractivity contribution >= 4 is 40.3 Å². The van der Waals surface area contributed by atoms with Gasteiger partial charge in [0.25, 0.3) is 5.91 Å². The standard InChI is InChI=1S/C21H15F2N3OS/c22-14-4-1-3-13(11-14)6-8-17-19-18(26-25-17)9-7-16(20(19)23)21(27)24-12-15-5-2-10-28-15/h1-11H,12H2,(H,24,27)(H,25,26). The van der Waals surface area contributed by atoms with Crippen LogP contribution in [0.15, 0.2) is 53.9 Å². The lowest BCUT2D eigenvalue weighted by atomic mass is 10.1. The lowest BCUT2D eigenvalue weighted by molar-refractivity contribution is 0.0947. The Morgan fingerprint density at radius 1 is 1.14 bits per heavy atom. The molecular formula is C21H15F2N3OS. The van der Waals surface area contributed by atoms with Gasteiger partial charge in [0.15, 0.2) is 0 Å². The third-order valence-electron chi connectivity index (χ3n) is 4.23. The Balaban J connectivity index is 1.62. The van der Waals surface area contributed by atoms with Crippen LogP contribution in [0, 0.1) is 11.6 Å². The Hall–Kier alpha value is -3.32. The summed E-state index contributed by atoms with van der Waals surface area (Å²) in [4.78, 5) is 13.4. The number of aromatic amines is 1. The molecule has 0 aliphatic heterocycles. The Morgan fingerprint density at radius 2 is 2.04 bits per heavy atom. The largest absolute Gasteiger partial charge is 0.347 e. The molecule has 28 heavy (non-hydrogen) atoms. The minimum Gasteiger partial charge on any atom is -0.347 e. The number of rotatable bonds is 5. The minimum absolute atomic E-state index is 0.0501. The maximum Gasteiger partial charge on any atom is 0.254 e. The molecule has 0 saturated carbocycles. The van der Waals surface area contributed by atoms with Crippen molar-refractivity contribution in [1.82, 2.24) is 15.5 Å². The molecular weight excluding hydrogens is 380 g/mol. The molecule has 4 nitrogen and oxygen atoms in total. The van der Waals surface area contributed by atoms with Crippen LogP contribution in [0.5, 0.6) is 0 Å². The molecule has 1 amide bonds. The molecule has 140 valence electrons. The molecule has 2 aromatic heterocycles. The number of nitrogens with one attached hydrogen (secondary N) is 2. The van der Waals surface area contributed by atoms with Crippen LogP contribution in [0.3, 0.4) is 0 Å². The second-order valence-electron chi connectivity index (χ2n) is 6.11. The summed E-state index contributed by atoms with van der Waals surface area (Å²) >= 11 is 1.52. The van der Waals surface area contributed by atoms with Gasteiger partial charge in [-0.3, -0.25) is 9.89 Å². The quantitative estimate of drug-likeness (QED) is 0.499. The molecule has 4 aromatic rings. The lowest BCUT2D eigenvalue weighted by Crippen LogP contribution is -2.23. The van der Waals surface area contributed by atoms with Crippen LogP contribution in [0.1, 0.15) is 26.5 Å². The van der Waals surface area contributed by atoms with Crippen LogP contribution in [-0.2, 0) is 6.54 Å². The molecule has 4 rings (SSSR count). The smallest absolute Gasteiger partial charge is 0.254 e. The van der Waals surface area contributed by atoms with Gasteiger partial charge in [-0.25, -0.2) is 8.78 Å². The van der Waals surface area contributed by atoms with Gasteiger partial charge in [-0.15, -0.1) is 11.3 Å². The van der Waals surface area contributed by atoms with Crippen LogP contribution >= 0.6 is 11.3 Å². The highest BCUT2D eigenvalue weighted by molar-refractivity contribution is 7.09. The number of halogens is 2. The number of H-pyrrole nitrogens is 1. The monoisotopic (exact) mass is 395 g/mol. The second kappa shape index (κ2) is 7.74. The van der Waals surface area contributed by atoms with Crippen molar-refractivity contribution in [3.05, 3.63) is 87.2 Å². The predicted octanol–water partition coefficient (Wildman–Crippen LogP) is 5.00. The molecule has 0 aliphatic rings. The summed E-state index contributed by atoms with van der Waals surface area (Å²) in [5.74, 6) is -1.49. The zero-order valence-corrected chi connectivity index (χ0v) is 15.4. The van der Waals surface area contributed by atoms with Crippen molar-refractivity contribution in [3.63, 3.8) is 0 Å². The number of amides is 1. The van der Waals surface area contributed by atoms with Gasteiger partial charge in [0, 0.05) is 4.88 Å². The van der Waals surface area contributed by atoms with E-state index in [-0.39, 0.29) is 16.8 Å². The molecule has 0 atom stereocenters. The molecule has 0 unspecified atom stereocenters. The third-order valence-corrected chi connectivity index (χ3v) is 5.10. The summed E-state index contributed by atoms with van der Waals surface area (Å²) < 4.78 is 28.4. The summed E-state index contributed by atoms with van der Waals surface area (Å²) in [6, 6.07) is 12.9. The van der Waals surface area contributed by atoms with Crippen LogP contribution in [0.25, 0.3) is 23.1 Å². The van der Waals surface area contributed by atoms with Crippen molar-refractivity contribution < 1.29 is 13.6 Å². The van der Waals surface area contributed by atoms with E-state index >= 15 is 4.39 Å². The van der Waals surface area contributed by atoms with Crippen LogP contribution in [0.4, 0.5) is 8.78 Å². The molecule has 0 aliphatic carbocycles. The van der Waals surface area contributed by atoms with Crippen LogP contribution in [0.2, 0.25) is 0 Å². The zero-order valence-electron chi connectivity index (χ0n) is 14.6. The van der Waals surface area contributed by atoms with E-state index in [9.17, 15) is 9.18 Å². The van der Waals surface area contributed by atoms with Crippen molar-refractivity contribution in [2.24, 2.45) is 0 Å². The van der Waals surface area contributed by atoms with Crippen molar-refractivity contribution in [1.29, 1.82) is 0 Å². The summed E-state index contributed by atoms with van der Waals surface area (Å²) in [6.45, 7) is 0.339. The maximum atomic E-state index is 15.1. The highest BCUT2D eigenvalue weighted by atomic mass is 32.1. The first kappa shape index (κ1) is 18.1. The van der Waals surface area contributed by atoms with Crippen molar-refractivity contribution in [3.8, 4) is 0 Å². The molecule has 2 heterocycles. The van der Waals surface area contributed by atoms with Gasteiger partial charge in [0.1, 0.15) is 11.6 Å². The Bertz CT molecular complexity index is 1170. The first-order valence-electron chi connectivity index (χ1n) is 8.52. The number of nitrogens with zero attached hydrogens (tertiary/aromatic N) is 1. The number of aromatic nitrogens is 2. The highest BCUT2D eigenvalue weighted by Crippen LogP contribution is 2.24. The van der Waals surface area contributed by atoms with E-state index in [0.29, 0.717) is 23.3 Å². The van der Waals surface area contributed by atoms with E-state index in [0.717, 1.165) is 4.88 Å². The van der Waals surface area contributed by atoms with Gasteiger partial charge in [0.2, 0.25) is 0 Å². The number of thiophene rings is 1. The summed E-state index contributed by atoms with van der Waals surface area (Å²) in [5.41, 5.74) is 1.39. The van der Waals surface area contributed by atoms with E-state index in [1.165, 1.54) is 29.5 Å². The van der Waals surface area contributed by atoms with Gasteiger partial charge in [0.05, 0.1) is 28.7 Å². The number of fused-ring (bicyclic) bond motifs is 1. The zero-order chi connectivity index (χ0) is 19.5. The van der Waals surface area contributed by atoms with Crippen molar-refractivity contribution in [2.75, 3.05) is 0 Å². The summed E-state index contributed by atoms with van der Waals surface area (Å²) in [6.07, 6.45) is 3.23. The van der Waals surface area contributed by atoms with Gasteiger partial charge in [-0.2, -0.15) is 5.10 Å². The van der Waals surface area contributed by atoms with Gasteiger partial charge in [-0.05, 0) is 47.4 Å². The Labute approximate surface area is 163 Å². The average Bonchev–Trinajstić information content (AvgIpc) is 3.35. The van der Waals surface area contributed by atoms with Crippen molar-refractivity contribution in [2.45, 2.75) is 6.54 Å². The maximum absolute atomic E-state index is 15.1. The van der Waals surface area contributed by atoms with E-state index in [1.54, 1.807) is 30.4 Å². The van der Waals surface area contributed by atoms with Crippen LogP contribution in [-0.4, -0.2) is 16.1 Å². The first-order valence-corrected chi connectivity index (χ1v) is 9.40. The normalized spacial score (nSPS) is 11.4. The number of carbonyl (C=O) groups is 1. The second-order valence-corrected chi connectivity index (χ2v) is 7.14. The first-order chi connectivity index (χ1) is 13.6. The average molecular weight is 395 g/mol. The Morgan fingerprint density at radius 3 is 2.82 bits per heavy atom. The highest BCUT2D eigenvalue weighted by Gasteiger charge is 2.18. The summed E-state index contributed by atoms with van der Waals surface area (Å²) in [5, 5.41) is 11.7. The molecule has 0 saturated heterocycles. The molecule has 0 radical (unpaired) electrons. The van der Waals surface area contributed by atoms with Gasteiger partial charge >= 0.3 is 0 Å². The number of hydrogen-bond acceptors (Lipinski definition) is 3. The van der Waals surface area contributed by atoms with Gasteiger partial charge < -0.3 is 5.32 Å². The lowest BCUT2D eigenvalue weighted by Gasteiger charge is -2.06. The summed E-state index contributed by atoms with van der Waals surface area (Å²) in [7, 11) is 0. The molecule has 7 heteroatoms. The molecule has 0 spiro atoms. The fourth-order valence-corrected chi connectivity index (χ4v) is 3.50. The third kappa shape index (κ3) is 3.70. The number of benzene rings is 2. The number of carbonyl (C=O) groups excluding carboxylic acids is 1. The molecule has 0 fully saturated rings. The Kier molecular flexibility index (Phi) is 4.99. The SMILES string of the molecule is O=C(NCc1cccs1)c1ccc2[nH]nc(C=Cc3cccc(F)c3)c2c1F. The van der Waals surface area contributed by atoms with Gasteiger partial charge in [-0.1, -0.05) is 24.3 Å². The fourth-order valence-electron chi connectivity index (χ4n) is 2.85. The van der Waals surface area contributed by atoms with E-state index in [1.807, 2.05) is 17.5 Å². The molecule has 0 bridgehead atoms. The predicted molar refractivity (Wildman–Crippen MR) is 107 cm³/mol.